The van der Waals surface area contributed by atoms with Gasteiger partial charge in [0, 0.05) is 19.4 Å². The van der Waals surface area contributed by atoms with Crippen molar-refractivity contribution in [2.75, 3.05) is 26.4 Å². The molecular weight excluding hydrogens is 629 g/mol. The predicted molar refractivity (Wildman–Crippen MR) is 196 cm³/mol. The molecule has 0 rings (SSSR count). The summed E-state index contributed by atoms with van der Waals surface area (Å²) >= 11 is 0. The minimum absolute atomic E-state index is 0.0455. The van der Waals surface area contributed by atoms with Crippen molar-refractivity contribution >= 4 is 19.8 Å². The Balaban J connectivity index is 4.32. The number of nitrogens with two attached hydrogens (primary N) is 1. The highest BCUT2D eigenvalue weighted by molar-refractivity contribution is 7.47. The minimum Gasteiger partial charge on any atom is -0.462 e. The lowest BCUT2D eigenvalue weighted by molar-refractivity contribution is -0.161. The zero-order valence-corrected chi connectivity index (χ0v) is 31.1. The first-order valence-corrected chi connectivity index (χ1v) is 20.1. The van der Waals surface area contributed by atoms with Gasteiger partial charge in [0.15, 0.2) is 6.10 Å². The molecule has 9 nitrogen and oxygen atoms in total. The summed E-state index contributed by atoms with van der Waals surface area (Å²) in [5.41, 5.74) is 5.32. The van der Waals surface area contributed by atoms with Crippen LogP contribution in [0.15, 0.2) is 48.6 Å². The molecule has 0 aliphatic carbocycles. The maximum absolute atomic E-state index is 12.5. The molecule has 10 heteroatoms. The Hall–Kier alpha value is -2.03. The largest absolute Gasteiger partial charge is 0.472 e. The molecule has 0 aliphatic rings. The molecule has 2 atom stereocenters. The molecule has 48 heavy (non-hydrogen) atoms. The van der Waals surface area contributed by atoms with Crippen molar-refractivity contribution in [2.24, 2.45) is 5.73 Å². The fraction of sp³-hybridized carbons (Fsp3) is 0.737. The van der Waals surface area contributed by atoms with Crippen molar-refractivity contribution in [3.63, 3.8) is 0 Å². The SMILES string of the molecule is CCCCC/C=C\C/C=C\C/C=C\C/C=C\CCCC(=O)OC[C@H](COP(=O)(O)OCCN)OC(=O)CCCCCCCCCCCC. The number of unbranched alkanes of at least 4 members (excludes halogenated alkanes) is 13. The lowest BCUT2D eigenvalue weighted by atomic mass is 10.1. The van der Waals surface area contributed by atoms with Crippen LogP contribution in [-0.2, 0) is 32.7 Å². The quantitative estimate of drug-likeness (QED) is 0.0291. The highest BCUT2D eigenvalue weighted by atomic mass is 31.2. The van der Waals surface area contributed by atoms with E-state index in [1.165, 1.54) is 64.2 Å². The van der Waals surface area contributed by atoms with Gasteiger partial charge in [-0.1, -0.05) is 133 Å². The second-order valence-corrected chi connectivity index (χ2v) is 13.5. The normalized spacial score (nSPS) is 14.0. The average Bonchev–Trinajstić information content (AvgIpc) is 3.07. The number of hydrogen-bond acceptors (Lipinski definition) is 8. The number of ether oxygens (including phenoxy) is 2. The Morgan fingerprint density at radius 1 is 0.625 bits per heavy atom. The van der Waals surface area contributed by atoms with Crippen molar-refractivity contribution < 1.29 is 37.6 Å². The van der Waals surface area contributed by atoms with Crippen molar-refractivity contribution in [2.45, 2.75) is 155 Å². The first-order valence-electron chi connectivity index (χ1n) is 18.6. The smallest absolute Gasteiger partial charge is 0.462 e. The molecular formula is C38H68NO8P. The van der Waals surface area contributed by atoms with Crippen molar-refractivity contribution in [3.8, 4) is 0 Å². The lowest BCUT2D eigenvalue weighted by Gasteiger charge is -2.19. The number of phosphoric ester groups is 1. The van der Waals surface area contributed by atoms with E-state index < -0.39 is 32.5 Å². The number of allylic oxidation sites excluding steroid dienone is 8. The molecule has 0 aromatic heterocycles. The maximum Gasteiger partial charge on any atom is 0.472 e. The Morgan fingerprint density at radius 3 is 1.67 bits per heavy atom. The van der Waals surface area contributed by atoms with Crippen LogP contribution >= 0.6 is 7.82 Å². The third-order valence-corrected chi connectivity index (χ3v) is 8.45. The van der Waals surface area contributed by atoms with Crippen LogP contribution in [0.25, 0.3) is 0 Å². The summed E-state index contributed by atoms with van der Waals surface area (Å²) in [6, 6.07) is 0. The lowest BCUT2D eigenvalue weighted by Crippen LogP contribution is -2.29. The topological polar surface area (TPSA) is 134 Å². The van der Waals surface area contributed by atoms with Crippen LogP contribution in [0.3, 0.4) is 0 Å². The second kappa shape index (κ2) is 34.8. The highest BCUT2D eigenvalue weighted by Crippen LogP contribution is 2.43. The van der Waals surface area contributed by atoms with E-state index in [0.717, 1.165) is 44.9 Å². The van der Waals surface area contributed by atoms with E-state index >= 15 is 0 Å². The molecule has 0 fully saturated rings. The zero-order valence-electron chi connectivity index (χ0n) is 30.2. The zero-order chi connectivity index (χ0) is 35.4. The molecule has 278 valence electrons. The van der Waals surface area contributed by atoms with E-state index in [0.29, 0.717) is 12.8 Å². The molecule has 0 radical (unpaired) electrons. The van der Waals surface area contributed by atoms with E-state index in [1.54, 1.807) is 0 Å². The van der Waals surface area contributed by atoms with Crippen LogP contribution in [0.4, 0.5) is 0 Å². The van der Waals surface area contributed by atoms with E-state index in [1.807, 2.05) is 6.08 Å². The number of esters is 2. The third kappa shape index (κ3) is 33.9. The van der Waals surface area contributed by atoms with E-state index in [9.17, 15) is 19.0 Å². The summed E-state index contributed by atoms with van der Waals surface area (Å²) in [5, 5.41) is 0. The number of hydrogen-bond donors (Lipinski definition) is 2. The monoisotopic (exact) mass is 697 g/mol. The molecule has 0 heterocycles. The molecule has 0 amide bonds. The van der Waals surface area contributed by atoms with E-state index in [2.05, 4.69) is 56.4 Å². The first-order chi connectivity index (χ1) is 23.3. The Morgan fingerprint density at radius 2 is 1.10 bits per heavy atom. The van der Waals surface area contributed by atoms with Crippen LogP contribution in [0.1, 0.15) is 149 Å². The van der Waals surface area contributed by atoms with Gasteiger partial charge in [0.25, 0.3) is 0 Å². The average molecular weight is 698 g/mol. The second-order valence-electron chi connectivity index (χ2n) is 12.1. The molecule has 0 aromatic rings. The molecule has 0 spiro atoms. The predicted octanol–water partition coefficient (Wildman–Crippen LogP) is 9.99. The van der Waals surface area contributed by atoms with Gasteiger partial charge in [-0.05, 0) is 51.4 Å². The van der Waals surface area contributed by atoms with Crippen molar-refractivity contribution in [1.82, 2.24) is 0 Å². The van der Waals surface area contributed by atoms with Crippen LogP contribution < -0.4 is 5.73 Å². The van der Waals surface area contributed by atoms with E-state index in [-0.39, 0.29) is 32.6 Å². The number of carbonyl (C=O) groups excluding carboxylic acids is 2. The maximum atomic E-state index is 12.5. The molecule has 0 aromatic carbocycles. The van der Waals surface area contributed by atoms with Gasteiger partial charge in [-0.15, -0.1) is 0 Å². The van der Waals surface area contributed by atoms with Crippen LogP contribution in [0, 0.1) is 0 Å². The van der Waals surface area contributed by atoms with Gasteiger partial charge >= 0.3 is 19.8 Å². The van der Waals surface area contributed by atoms with Gasteiger partial charge in [-0.25, -0.2) is 4.57 Å². The summed E-state index contributed by atoms with van der Waals surface area (Å²) in [4.78, 5) is 34.6. The minimum atomic E-state index is -4.38. The summed E-state index contributed by atoms with van der Waals surface area (Å²) in [5.74, 6) is -0.899. The van der Waals surface area contributed by atoms with Crippen molar-refractivity contribution in [1.29, 1.82) is 0 Å². The van der Waals surface area contributed by atoms with Gasteiger partial charge < -0.3 is 20.1 Å². The summed E-state index contributed by atoms with van der Waals surface area (Å²) in [6.45, 7) is 3.60. The third-order valence-electron chi connectivity index (χ3n) is 7.47. The summed E-state index contributed by atoms with van der Waals surface area (Å²) in [7, 11) is -4.38. The summed E-state index contributed by atoms with van der Waals surface area (Å²) < 4.78 is 32.5. The fourth-order valence-electron chi connectivity index (χ4n) is 4.68. The van der Waals surface area contributed by atoms with E-state index in [4.69, 9.17) is 24.3 Å². The molecule has 0 bridgehead atoms. The first kappa shape index (κ1) is 46.0. The molecule has 3 N–H and O–H groups in total. The van der Waals surface area contributed by atoms with Gasteiger partial charge in [0.05, 0.1) is 13.2 Å². The molecule has 1 unspecified atom stereocenters. The number of phosphoric acid groups is 1. The molecule has 0 saturated carbocycles. The van der Waals surface area contributed by atoms with Gasteiger partial charge in [-0.2, -0.15) is 0 Å². The Bertz CT molecular complexity index is 934. The molecule has 0 saturated heterocycles. The fourth-order valence-corrected chi connectivity index (χ4v) is 5.45. The summed E-state index contributed by atoms with van der Waals surface area (Å²) in [6.07, 6.45) is 37.2. The van der Waals surface area contributed by atoms with Crippen molar-refractivity contribution in [3.05, 3.63) is 48.6 Å². The highest BCUT2D eigenvalue weighted by Gasteiger charge is 2.25. The number of carbonyl (C=O) groups is 2. The van der Waals surface area contributed by atoms with Gasteiger partial charge in [0.1, 0.15) is 6.61 Å². The van der Waals surface area contributed by atoms with Crippen LogP contribution in [0.5, 0.6) is 0 Å². The molecule has 0 aliphatic heterocycles. The Labute approximate surface area is 292 Å². The Kier molecular flexibility index (Phi) is 33.3. The van der Waals surface area contributed by atoms with Gasteiger partial charge in [0.2, 0.25) is 0 Å². The number of rotatable bonds is 34. The van der Waals surface area contributed by atoms with Crippen LogP contribution in [-0.4, -0.2) is 49.3 Å². The van der Waals surface area contributed by atoms with Crippen LogP contribution in [0.2, 0.25) is 0 Å². The standard InChI is InChI=1S/C38H68NO8P/c1-3-5-7-9-11-13-15-16-17-18-19-20-21-23-24-26-28-30-37(40)44-34-36(35-46-48(42,43)45-33-32-39)47-38(41)31-29-27-25-22-14-12-10-8-6-4-2/h11,13,16-17,19-20,23-24,36H,3-10,12,14-15,18,21-22,25-35,39H2,1-2H3,(H,42,43)/b13-11-,17-16-,20-19-,24-23-/t36-/m1/s1. The van der Waals surface area contributed by atoms with Gasteiger partial charge in [-0.3, -0.25) is 18.6 Å².